The van der Waals surface area contributed by atoms with Gasteiger partial charge in [0.25, 0.3) is 5.91 Å². The SMILES string of the molecule is CC1CN(C(=O)c2cscn2)CC1C(=O)O. The van der Waals surface area contributed by atoms with Gasteiger partial charge in [0.15, 0.2) is 0 Å². The summed E-state index contributed by atoms with van der Waals surface area (Å²) in [5.74, 6) is -1.46. The molecule has 5 nitrogen and oxygen atoms in total. The molecule has 0 aromatic carbocycles. The Kier molecular flexibility index (Phi) is 2.91. The lowest BCUT2D eigenvalue weighted by atomic mass is 9.99. The fraction of sp³-hybridized carbons (Fsp3) is 0.500. The Morgan fingerprint density at radius 2 is 2.31 bits per heavy atom. The van der Waals surface area contributed by atoms with Crippen LogP contribution in [0.1, 0.15) is 17.4 Å². The van der Waals surface area contributed by atoms with E-state index < -0.39 is 11.9 Å². The van der Waals surface area contributed by atoms with E-state index >= 15 is 0 Å². The maximum atomic E-state index is 11.9. The maximum Gasteiger partial charge on any atom is 0.308 e. The number of carbonyl (C=O) groups is 2. The Morgan fingerprint density at radius 1 is 1.56 bits per heavy atom. The molecule has 1 amide bonds. The van der Waals surface area contributed by atoms with Crippen LogP contribution in [0, 0.1) is 11.8 Å². The molecule has 16 heavy (non-hydrogen) atoms. The first-order valence-corrected chi connectivity index (χ1v) is 5.94. The molecule has 2 atom stereocenters. The van der Waals surface area contributed by atoms with Gasteiger partial charge in [0.2, 0.25) is 0 Å². The van der Waals surface area contributed by atoms with Crippen molar-refractivity contribution in [3.63, 3.8) is 0 Å². The monoisotopic (exact) mass is 240 g/mol. The standard InChI is InChI=1S/C10H12N2O3S/c1-6-2-12(3-7(6)10(14)15)9(13)8-4-16-5-11-8/h4-7H,2-3H2,1H3,(H,14,15). The van der Waals surface area contributed by atoms with Crippen molar-refractivity contribution < 1.29 is 14.7 Å². The van der Waals surface area contributed by atoms with E-state index in [9.17, 15) is 9.59 Å². The predicted octanol–water partition coefficient (Wildman–Crippen LogP) is 0.936. The summed E-state index contributed by atoms with van der Waals surface area (Å²) in [6.07, 6.45) is 0. The lowest BCUT2D eigenvalue weighted by Gasteiger charge is -2.13. The molecule has 1 aliphatic heterocycles. The number of hydrogen-bond donors (Lipinski definition) is 1. The predicted molar refractivity (Wildman–Crippen MR) is 58.3 cm³/mol. The van der Waals surface area contributed by atoms with Crippen LogP contribution in [-0.4, -0.2) is 40.0 Å². The van der Waals surface area contributed by atoms with Crippen LogP contribution in [0.4, 0.5) is 0 Å². The second kappa shape index (κ2) is 4.21. The maximum absolute atomic E-state index is 11.9. The third kappa shape index (κ3) is 1.92. The largest absolute Gasteiger partial charge is 0.481 e. The van der Waals surface area contributed by atoms with Gasteiger partial charge in [0.1, 0.15) is 5.69 Å². The minimum atomic E-state index is -0.832. The summed E-state index contributed by atoms with van der Waals surface area (Å²) in [6.45, 7) is 2.63. The van der Waals surface area contributed by atoms with Crippen LogP contribution in [-0.2, 0) is 4.79 Å². The van der Waals surface area contributed by atoms with Crippen molar-refractivity contribution >= 4 is 23.2 Å². The van der Waals surface area contributed by atoms with Gasteiger partial charge in [0.05, 0.1) is 11.4 Å². The van der Waals surface area contributed by atoms with Crippen LogP contribution < -0.4 is 0 Å². The van der Waals surface area contributed by atoms with Crippen molar-refractivity contribution in [2.75, 3.05) is 13.1 Å². The summed E-state index contributed by atoms with van der Waals surface area (Å²) in [5, 5.41) is 10.6. The highest BCUT2D eigenvalue weighted by atomic mass is 32.1. The van der Waals surface area contributed by atoms with E-state index in [1.54, 1.807) is 15.8 Å². The van der Waals surface area contributed by atoms with Crippen molar-refractivity contribution in [2.24, 2.45) is 11.8 Å². The highest BCUT2D eigenvalue weighted by molar-refractivity contribution is 7.07. The summed E-state index contributed by atoms with van der Waals surface area (Å²) >= 11 is 1.36. The van der Waals surface area contributed by atoms with E-state index in [-0.39, 0.29) is 18.4 Å². The summed E-state index contributed by atoms with van der Waals surface area (Å²) in [5.41, 5.74) is 2.00. The van der Waals surface area contributed by atoms with E-state index in [4.69, 9.17) is 5.11 Å². The first kappa shape index (κ1) is 11.1. The molecule has 86 valence electrons. The van der Waals surface area contributed by atoms with Crippen LogP contribution in [0.15, 0.2) is 10.9 Å². The lowest BCUT2D eigenvalue weighted by Crippen LogP contribution is -2.30. The number of aromatic nitrogens is 1. The molecule has 6 heteroatoms. The van der Waals surface area contributed by atoms with Crippen molar-refractivity contribution in [1.29, 1.82) is 0 Å². The molecule has 1 aromatic rings. The Balaban J connectivity index is 2.09. The van der Waals surface area contributed by atoms with Crippen LogP contribution >= 0.6 is 11.3 Å². The molecule has 1 aliphatic rings. The van der Waals surface area contributed by atoms with Crippen molar-refractivity contribution in [3.05, 3.63) is 16.6 Å². The molecule has 1 fully saturated rings. The third-order valence-electron chi connectivity index (χ3n) is 2.87. The molecule has 0 aliphatic carbocycles. The average molecular weight is 240 g/mol. The number of aliphatic carboxylic acids is 1. The molecule has 2 rings (SSSR count). The molecule has 2 unspecified atom stereocenters. The molecule has 0 bridgehead atoms. The number of carboxylic acids is 1. The number of carboxylic acid groups (broad SMARTS) is 1. The molecule has 1 N–H and O–H groups in total. The van der Waals surface area contributed by atoms with Crippen LogP contribution in [0.5, 0.6) is 0 Å². The topological polar surface area (TPSA) is 70.5 Å². The number of hydrogen-bond acceptors (Lipinski definition) is 4. The Morgan fingerprint density at radius 3 is 2.81 bits per heavy atom. The molecule has 2 heterocycles. The molecule has 0 saturated carbocycles. The second-order valence-electron chi connectivity index (χ2n) is 4.01. The van der Waals surface area contributed by atoms with Crippen LogP contribution in [0.25, 0.3) is 0 Å². The summed E-state index contributed by atoms with van der Waals surface area (Å²) < 4.78 is 0. The quantitative estimate of drug-likeness (QED) is 0.835. The molecule has 0 spiro atoms. The number of rotatable bonds is 2. The van der Waals surface area contributed by atoms with Crippen molar-refractivity contribution in [1.82, 2.24) is 9.88 Å². The van der Waals surface area contributed by atoms with Crippen molar-refractivity contribution in [3.8, 4) is 0 Å². The fourth-order valence-electron chi connectivity index (χ4n) is 1.93. The van der Waals surface area contributed by atoms with Gasteiger partial charge in [-0.15, -0.1) is 11.3 Å². The van der Waals surface area contributed by atoms with Gasteiger partial charge in [-0.3, -0.25) is 9.59 Å². The highest BCUT2D eigenvalue weighted by Crippen LogP contribution is 2.24. The number of thiazole rings is 1. The van der Waals surface area contributed by atoms with E-state index in [0.717, 1.165) is 0 Å². The van der Waals surface area contributed by atoms with Crippen LogP contribution in [0.2, 0.25) is 0 Å². The Hall–Kier alpha value is -1.43. The zero-order valence-electron chi connectivity index (χ0n) is 8.79. The molecule has 1 saturated heterocycles. The van der Waals surface area contributed by atoms with E-state index in [1.807, 2.05) is 6.92 Å². The third-order valence-corrected chi connectivity index (χ3v) is 3.45. The van der Waals surface area contributed by atoms with Crippen molar-refractivity contribution in [2.45, 2.75) is 6.92 Å². The lowest BCUT2D eigenvalue weighted by molar-refractivity contribution is -0.142. The number of carbonyl (C=O) groups excluding carboxylic acids is 1. The molecular weight excluding hydrogens is 228 g/mol. The Bertz CT molecular complexity index is 404. The van der Waals surface area contributed by atoms with Gasteiger partial charge in [-0.05, 0) is 5.92 Å². The smallest absolute Gasteiger partial charge is 0.308 e. The summed E-state index contributed by atoms with van der Waals surface area (Å²) in [7, 11) is 0. The van der Waals surface area contributed by atoms with E-state index in [1.165, 1.54) is 11.3 Å². The number of nitrogens with zero attached hydrogens (tertiary/aromatic N) is 2. The van der Waals surface area contributed by atoms with E-state index in [2.05, 4.69) is 4.98 Å². The summed E-state index contributed by atoms with van der Waals surface area (Å²) in [4.78, 5) is 28.3. The number of likely N-dealkylation sites (tertiary alicyclic amines) is 1. The minimum Gasteiger partial charge on any atom is -0.481 e. The van der Waals surface area contributed by atoms with E-state index in [0.29, 0.717) is 12.2 Å². The summed E-state index contributed by atoms with van der Waals surface area (Å²) in [6, 6.07) is 0. The average Bonchev–Trinajstić information content (AvgIpc) is 2.84. The number of amides is 1. The van der Waals surface area contributed by atoms with Gasteiger partial charge in [-0.25, -0.2) is 4.98 Å². The van der Waals surface area contributed by atoms with Gasteiger partial charge in [-0.1, -0.05) is 6.92 Å². The fourth-order valence-corrected chi connectivity index (χ4v) is 2.46. The molecular formula is C10H12N2O3S. The second-order valence-corrected chi connectivity index (χ2v) is 4.72. The Labute approximate surface area is 96.7 Å². The van der Waals surface area contributed by atoms with Gasteiger partial charge < -0.3 is 10.0 Å². The minimum absolute atomic E-state index is 0.0000794. The first-order valence-electron chi connectivity index (χ1n) is 5.00. The van der Waals surface area contributed by atoms with Gasteiger partial charge in [0, 0.05) is 18.5 Å². The van der Waals surface area contributed by atoms with Gasteiger partial charge >= 0.3 is 5.97 Å². The van der Waals surface area contributed by atoms with Crippen LogP contribution in [0.3, 0.4) is 0 Å². The van der Waals surface area contributed by atoms with Gasteiger partial charge in [-0.2, -0.15) is 0 Å². The normalized spacial score (nSPS) is 24.7. The zero-order valence-corrected chi connectivity index (χ0v) is 9.61. The molecule has 0 radical (unpaired) electrons. The molecule has 1 aromatic heterocycles. The first-order chi connectivity index (χ1) is 7.59. The highest BCUT2D eigenvalue weighted by Gasteiger charge is 2.37. The zero-order chi connectivity index (χ0) is 11.7.